The van der Waals surface area contributed by atoms with Crippen LogP contribution in [0.1, 0.15) is 75.7 Å². The van der Waals surface area contributed by atoms with Crippen molar-refractivity contribution in [1.82, 2.24) is 29.7 Å². The van der Waals surface area contributed by atoms with Crippen molar-refractivity contribution in [1.29, 1.82) is 0 Å². The Labute approximate surface area is 388 Å². The summed E-state index contributed by atoms with van der Waals surface area (Å²) in [6, 6.07) is 37.4. The van der Waals surface area contributed by atoms with E-state index in [4.69, 9.17) is 38.9 Å². The van der Waals surface area contributed by atoms with Gasteiger partial charge in [0, 0.05) is 52.9 Å². The predicted octanol–water partition coefficient (Wildman–Crippen LogP) is 11.4. The van der Waals surface area contributed by atoms with Gasteiger partial charge in [0.2, 0.25) is 11.8 Å². The number of hydrogen-bond donors (Lipinski definition) is 0. The SMILES string of the molecule is CCC1CN2CC[C@@H]1CC2C(Oc1nc(-c2ccccc2)nc(OC(c2ccnc3ccc(OC)cc23)C2C[C@@H]3CCN2CC3CC)c1-c1ccccc1)c1ccnc2ccc(OC)cc12. The van der Waals surface area contributed by atoms with Gasteiger partial charge < -0.3 is 18.9 Å². The first-order chi connectivity index (χ1) is 32.5. The third-order valence-corrected chi connectivity index (χ3v) is 15.6. The monoisotopic (exact) mass is 880 g/mol. The number of benzene rings is 4. The van der Waals surface area contributed by atoms with Crippen LogP contribution in [0.5, 0.6) is 23.3 Å². The van der Waals surface area contributed by atoms with Crippen LogP contribution in [0.25, 0.3) is 44.3 Å². The van der Waals surface area contributed by atoms with Crippen molar-refractivity contribution in [3.05, 3.63) is 133 Å². The number of aromatic nitrogens is 4. The minimum Gasteiger partial charge on any atom is -0.497 e. The Kier molecular flexibility index (Phi) is 11.8. The lowest BCUT2D eigenvalue weighted by molar-refractivity contribution is -0.0510. The van der Waals surface area contributed by atoms with Gasteiger partial charge in [-0.05, 0) is 117 Å². The Morgan fingerprint density at radius 2 is 1.05 bits per heavy atom. The van der Waals surface area contributed by atoms with Crippen molar-refractivity contribution < 1.29 is 18.9 Å². The summed E-state index contributed by atoms with van der Waals surface area (Å²) in [5.41, 5.74) is 6.48. The van der Waals surface area contributed by atoms with Crippen molar-refractivity contribution in [2.75, 3.05) is 40.4 Å². The van der Waals surface area contributed by atoms with Crippen LogP contribution in [-0.2, 0) is 0 Å². The molecule has 6 aliphatic heterocycles. The summed E-state index contributed by atoms with van der Waals surface area (Å²) in [5, 5.41) is 2.02. The molecule has 9 heterocycles. The summed E-state index contributed by atoms with van der Waals surface area (Å²) in [7, 11) is 3.44. The molecule has 0 amide bonds. The third kappa shape index (κ3) is 7.91. The first-order valence-corrected chi connectivity index (χ1v) is 24.2. The fourth-order valence-electron chi connectivity index (χ4n) is 12.1. The van der Waals surface area contributed by atoms with Crippen LogP contribution in [0.3, 0.4) is 0 Å². The maximum Gasteiger partial charge on any atom is 0.229 e. The average Bonchev–Trinajstić information content (AvgIpc) is 3.39. The van der Waals surface area contributed by atoms with Crippen LogP contribution < -0.4 is 18.9 Å². The second-order valence-corrected chi connectivity index (χ2v) is 18.9. The molecule has 0 saturated carbocycles. The number of fused-ring (bicyclic) bond motifs is 8. The number of piperidine rings is 6. The van der Waals surface area contributed by atoms with Gasteiger partial charge in [0.15, 0.2) is 5.82 Å². The second-order valence-electron chi connectivity index (χ2n) is 18.9. The molecule has 10 atom stereocenters. The summed E-state index contributed by atoms with van der Waals surface area (Å²) in [4.78, 5) is 26.0. The van der Waals surface area contributed by atoms with Gasteiger partial charge >= 0.3 is 0 Å². The smallest absolute Gasteiger partial charge is 0.229 e. The molecule has 0 N–H and O–H groups in total. The molecular formula is C56H60N6O4. The molecule has 13 rings (SSSR count). The fourth-order valence-corrected chi connectivity index (χ4v) is 12.1. The number of hydrogen-bond acceptors (Lipinski definition) is 10. The number of nitrogens with zero attached hydrogens (tertiary/aromatic N) is 6. The van der Waals surface area contributed by atoms with Gasteiger partial charge in [-0.3, -0.25) is 19.8 Å². The average molecular weight is 881 g/mol. The van der Waals surface area contributed by atoms with Crippen LogP contribution in [-0.4, -0.2) is 82.2 Å². The Bertz CT molecular complexity index is 2680. The first-order valence-electron chi connectivity index (χ1n) is 24.2. The topological polar surface area (TPSA) is 95.0 Å². The molecule has 7 aromatic rings. The highest BCUT2D eigenvalue weighted by Crippen LogP contribution is 2.50. The molecule has 6 saturated heterocycles. The summed E-state index contributed by atoms with van der Waals surface area (Å²) >= 11 is 0. The quantitative estimate of drug-likeness (QED) is 0.105. The molecule has 4 bridgehead atoms. The van der Waals surface area contributed by atoms with E-state index in [9.17, 15) is 0 Å². The lowest BCUT2D eigenvalue weighted by atomic mass is 9.72. The zero-order valence-electron chi connectivity index (χ0n) is 38.6. The van der Waals surface area contributed by atoms with E-state index in [-0.39, 0.29) is 12.1 Å². The molecular weight excluding hydrogens is 821 g/mol. The first kappa shape index (κ1) is 42.5. The predicted molar refractivity (Wildman–Crippen MR) is 260 cm³/mol. The van der Waals surface area contributed by atoms with Crippen molar-refractivity contribution in [2.45, 2.75) is 76.7 Å². The minimum atomic E-state index is -0.393. The number of pyridine rings is 2. The van der Waals surface area contributed by atoms with Gasteiger partial charge in [-0.2, -0.15) is 9.97 Å². The summed E-state index contributed by atoms with van der Waals surface area (Å²) in [6.45, 7) is 8.88. The van der Waals surface area contributed by atoms with E-state index >= 15 is 0 Å². The Morgan fingerprint density at radius 3 is 1.47 bits per heavy atom. The van der Waals surface area contributed by atoms with E-state index in [1.807, 2.05) is 54.9 Å². The zero-order chi connectivity index (χ0) is 44.7. The Balaban J connectivity index is 1.13. The van der Waals surface area contributed by atoms with Crippen molar-refractivity contribution >= 4 is 21.8 Å². The fraction of sp³-hybridized carbons (Fsp3) is 0.393. The highest BCUT2D eigenvalue weighted by Gasteiger charge is 2.47. The van der Waals surface area contributed by atoms with Gasteiger partial charge in [-0.25, -0.2) is 0 Å². The molecule has 10 nitrogen and oxygen atoms in total. The van der Waals surface area contributed by atoms with E-state index in [0.717, 1.165) is 100 Å². The van der Waals surface area contributed by atoms with Crippen LogP contribution in [0.4, 0.5) is 0 Å². The maximum absolute atomic E-state index is 7.76. The molecule has 338 valence electrons. The normalized spacial score (nSPS) is 25.4. The minimum absolute atomic E-state index is 0.106. The molecule has 0 spiro atoms. The second kappa shape index (κ2) is 18.3. The standard InChI is InChI=1S/C56H60N6O4/c1-5-35-33-61-27-23-39(35)29-49(61)52(43-21-25-57-47-19-17-41(63-3)31-45(43)47)65-55-51(37-13-9-7-10-14-37)56(60-54(59-55)38-15-11-8-12-16-38)66-53(50-30-40-24-28-62(50)34-36(40)6-2)44-22-26-58-48-20-18-42(64-4)32-46(44)48/h7-22,25-26,31-32,35-36,39-40,49-50,52-53H,5-6,23-24,27-30,33-34H2,1-4H3/t35?,36?,39-,40+,49?,50?,52?,53?. The molecule has 0 aliphatic carbocycles. The van der Waals surface area contributed by atoms with Crippen molar-refractivity contribution in [2.24, 2.45) is 23.7 Å². The molecule has 0 radical (unpaired) electrons. The van der Waals surface area contributed by atoms with Crippen LogP contribution in [0.2, 0.25) is 0 Å². The van der Waals surface area contributed by atoms with Crippen LogP contribution in [0.15, 0.2) is 122 Å². The largest absolute Gasteiger partial charge is 0.497 e. The molecule has 6 aliphatic rings. The summed E-state index contributed by atoms with van der Waals surface area (Å²) < 4.78 is 27.2. The van der Waals surface area contributed by atoms with E-state index in [1.165, 1.54) is 25.7 Å². The summed E-state index contributed by atoms with van der Waals surface area (Å²) in [6.07, 6.45) is 9.90. The molecule has 10 heteroatoms. The van der Waals surface area contributed by atoms with E-state index < -0.39 is 12.2 Å². The maximum atomic E-state index is 7.76. The lowest BCUT2D eigenvalue weighted by Crippen LogP contribution is -2.56. The molecule has 66 heavy (non-hydrogen) atoms. The zero-order valence-corrected chi connectivity index (χ0v) is 38.6. The van der Waals surface area contributed by atoms with Crippen LogP contribution >= 0.6 is 0 Å². The highest BCUT2D eigenvalue weighted by molar-refractivity contribution is 5.85. The number of rotatable bonds is 14. The van der Waals surface area contributed by atoms with Gasteiger partial charge in [-0.1, -0.05) is 87.4 Å². The molecule has 8 unspecified atom stereocenters. The van der Waals surface area contributed by atoms with Gasteiger partial charge in [0.25, 0.3) is 0 Å². The molecule has 6 fully saturated rings. The van der Waals surface area contributed by atoms with E-state index in [1.54, 1.807) is 14.2 Å². The van der Waals surface area contributed by atoms with Gasteiger partial charge in [-0.15, -0.1) is 0 Å². The Hall–Kier alpha value is -6.10. The molecule has 3 aromatic heterocycles. The van der Waals surface area contributed by atoms with Crippen LogP contribution in [0, 0.1) is 23.7 Å². The van der Waals surface area contributed by atoms with Crippen molar-refractivity contribution in [3.8, 4) is 45.8 Å². The van der Waals surface area contributed by atoms with E-state index in [2.05, 4.69) is 90.4 Å². The Morgan fingerprint density at radius 1 is 0.576 bits per heavy atom. The number of methoxy groups -OCH3 is 2. The van der Waals surface area contributed by atoms with Gasteiger partial charge in [0.05, 0.1) is 37.3 Å². The summed E-state index contributed by atoms with van der Waals surface area (Å²) in [5.74, 6) is 5.70. The highest BCUT2D eigenvalue weighted by atomic mass is 16.5. The van der Waals surface area contributed by atoms with Gasteiger partial charge in [0.1, 0.15) is 29.3 Å². The third-order valence-electron chi connectivity index (χ3n) is 15.6. The van der Waals surface area contributed by atoms with E-state index in [0.29, 0.717) is 41.3 Å². The number of ether oxygens (including phenoxy) is 4. The van der Waals surface area contributed by atoms with Crippen molar-refractivity contribution in [3.63, 3.8) is 0 Å². The lowest BCUT2D eigenvalue weighted by Gasteiger charge is -2.52. The molecule has 4 aromatic carbocycles.